The summed E-state index contributed by atoms with van der Waals surface area (Å²) in [5.74, 6) is -0.256. The lowest BCUT2D eigenvalue weighted by molar-refractivity contribution is 0.0810. The summed E-state index contributed by atoms with van der Waals surface area (Å²) in [6.07, 6.45) is 1.39. The van der Waals surface area contributed by atoms with Crippen LogP contribution >= 0.6 is 0 Å². The maximum absolute atomic E-state index is 13.4. The zero-order chi connectivity index (χ0) is 10.7. The zero-order valence-electron chi connectivity index (χ0n) is 8.32. The van der Waals surface area contributed by atoms with Crippen molar-refractivity contribution in [1.82, 2.24) is 0 Å². The Hall–Kier alpha value is -1.42. The first-order chi connectivity index (χ1) is 7.31. The Kier molecular flexibility index (Phi) is 2.97. The van der Waals surface area contributed by atoms with E-state index in [4.69, 9.17) is 10.6 Å². The number of halogens is 1. The van der Waals surface area contributed by atoms with E-state index in [1.807, 2.05) is 0 Å². The molecule has 0 aromatic heterocycles. The highest BCUT2D eigenvalue weighted by molar-refractivity contribution is 6.01. The predicted molar refractivity (Wildman–Crippen MR) is 56.1 cm³/mol. The molecule has 0 amide bonds. The van der Waals surface area contributed by atoms with Crippen LogP contribution in [0.4, 0.5) is 4.39 Å². The Bertz CT molecular complexity index is 379. The van der Waals surface area contributed by atoms with Gasteiger partial charge in [-0.05, 0) is 19.0 Å². The molecule has 0 bridgehead atoms. The van der Waals surface area contributed by atoms with Gasteiger partial charge >= 0.3 is 0 Å². The standard InChI is InChI=1S/C11H13FN2O/c12-10-4-2-1-3-9(10)11-7-8(5-6-13)15-14-11/h1-4,8H,5-7,13H2. The van der Waals surface area contributed by atoms with Gasteiger partial charge in [0.1, 0.15) is 11.9 Å². The molecule has 80 valence electrons. The number of rotatable bonds is 3. The molecule has 0 radical (unpaired) electrons. The van der Waals surface area contributed by atoms with Crippen LogP contribution in [-0.4, -0.2) is 18.4 Å². The Labute approximate surface area is 87.7 Å². The van der Waals surface area contributed by atoms with Crippen molar-refractivity contribution in [3.63, 3.8) is 0 Å². The molecule has 1 heterocycles. The van der Waals surface area contributed by atoms with Crippen molar-refractivity contribution in [2.24, 2.45) is 10.9 Å². The first-order valence-electron chi connectivity index (χ1n) is 4.99. The fraction of sp³-hybridized carbons (Fsp3) is 0.364. The molecule has 1 atom stereocenters. The lowest BCUT2D eigenvalue weighted by Gasteiger charge is -2.04. The molecule has 4 heteroatoms. The maximum atomic E-state index is 13.4. The molecule has 0 saturated carbocycles. The fourth-order valence-electron chi connectivity index (χ4n) is 1.62. The van der Waals surface area contributed by atoms with Crippen molar-refractivity contribution in [3.8, 4) is 0 Å². The van der Waals surface area contributed by atoms with E-state index in [1.54, 1.807) is 18.2 Å². The number of benzene rings is 1. The molecular weight excluding hydrogens is 195 g/mol. The summed E-state index contributed by atoms with van der Waals surface area (Å²) in [7, 11) is 0. The maximum Gasteiger partial charge on any atom is 0.134 e. The number of nitrogens with two attached hydrogens (primary N) is 1. The topological polar surface area (TPSA) is 47.6 Å². The van der Waals surface area contributed by atoms with Gasteiger partial charge < -0.3 is 10.6 Å². The minimum absolute atomic E-state index is 0.00426. The van der Waals surface area contributed by atoms with Crippen molar-refractivity contribution in [3.05, 3.63) is 35.6 Å². The van der Waals surface area contributed by atoms with Gasteiger partial charge in [-0.15, -0.1) is 0 Å². The fourth-order valence-corrected chi connectivity index (χ4v) is 1.62. The molecule has 1 unspecified atom stereocenters. The minimum Gasteiger partial charge on any atom is -0.392 e. The van der Waals surface area contributed by atoms with E-state index in [9.17, 15) is 4.39 Å². The minimum atomic E-state index is -0.256. The highest BCUT2D eigenvalue weighted by atomic mass is 19.1. The number of hydrogen-bond acceptors (Lipinski definition) is 3. The van der Waals surface area contributed by atoms with Gasteiger partial charge in [-0.1, -0.05) is 23.4 Å². The lowest BCUT2D eigenvalue weighted by atomic mass is 10.0. The third-order valence-electron chi connectivity index (χ3n) is 2.41. The van der Waals surface area contributed by atoms with Crippen LogP contribution in [0.5, 0.6) is 0 Å². The Morgan fingerprint density at radius 3 is 3.00 bits per heavy atom. The van der Waals surface area contributed by atoms with E-state index >= 15 is 0 Å². The van der Waals surface area contributed by atoms with Crippen molar-refractivity contribution in [2.45, 2.75) is 18.9 Å². The second kappa shape index (κ2) is 4.40. The molecule has 0 spiro atoms. The molecule has 0 aliphatic carbocycles. The second-order valence-corrected chi connectivity index (χ2v) is 3.53. The first-order valence-corrected chi connectivity index (χ1v) is 4.99. The van der Waals surface area contributed by atoms with Crippen LogP contribution in [0.25, 0.3) is 0 Å². The van der Waals surface area contributed by atoms with Gasteiger partial charge in [-0.25, -0.2) is 4.39 Å². The SMILES string of the molecule is NCCC1CC(c2ccccc2F)=NO1. The van der Waals surface area contributed by atoms with E-state index in [0.717, 1.165) is 6.42 Å². The van der Waals surface area contributed by atoms with Crippen LogP contribution in [-0.2, 0) is 4.84 Å². The van der Waals surface area contributed by atoms with E-state index in [1.165, 1.54) is 6.07 Å². The molecule has 0 fully saturated rings. The third-order valence-corrected chi connectivity index (χ3v) is 2.41. The summed E-state index contributed by atoms with van der Waals surface area (Å²) in [4.78, 5) is 5.16. The van der Waals surface area contributed by atoms with Gasteiger partial charge in [0.2, 0.25) is 0 Å². The summed E-state index contributed by atoms with van der Waals surface area (Å²) in [5.41, 5.74) is 6.62. The molecule has 15 heavy (non-hydrogen) atoms. The smallest absolute Gasteiger partial charge is 0.134 e. The molecule has 1 aromatic rings. The highest BCUT2D eigenvalue weighted by Gasteiger charge is 2.22. The van der Waals surface area contributed by atoms with Gasteiger partial charge in [0.15, 0.2) is 0 Å². The Balaban J connectivity index is 2.11. The van der Waals surface area contributed by atoms with Crippen molar-refractivity contribution in [1.29, 1.82) is 0 Å². The van der Waals surface area contributed by atoms with Crippen molar-refractivity contribution < 1.29 is 9.23 Å². The van der Waals surface area contributed by atoms with Crippen molar-refractivity contribution in [2.75, 3.05) is 6.54 Å². The second-order valence-electron chi connectivity index (χ2n) is 3.53. The quantitative estimate of drug-likeness (QED) is 0.821. The van der Waals surface area contributed by atoms with Gasteiger partial charge in [0.05, 0.1) is 5.71 Å². The van der Waals surface area contributed by atoms with Crippen LogP contribution < -0.4 is 5.73 Å². The molecule has 0 saturated heterocycles. The largest absolute Gasteiger partial charge is 0.392 e. The summed E-state index contributed by atoms with van der Waals surface area (Å²) in [6.45, 7) is 0.560. The summed E-state index contributed by atoms with van der Waals surface area (Å²) < 4.78 is 13.4. The van der Waals surface area contributed by atoms with Crippen LogP contribution in [0.15, 0.2) is 29.4 Å². The summed E-state index contributed by atoms with van der Waals surface area (Å²) in [6, 6.07) is 6.58. The average Bonchev–Trinajstić information content (AvgIpc) is 2.68. The average molecular weight is 208 g/mol. The Morgan fingerprint density at radius 1 is 1.47 bits per heavy atom. The van der Waals surface area contributed by atoms with E-state index in [2.05, 4.69) is 5.16 Å². The normalized spacial score (nSPS) is 19.9. The van der Waals surface area contributed by atoms with Gasteiger partial charge in [0.25, 0.3) is 0 Å². The number of nitrogens with zero attached hydrogens (tertiary/aromatic N) is 1. The Morgan fingerprint density at radius 2 is 2.27 bits per heavy atom. The third kappa shape index (κ3) is 2.15. The molecule has 1 aromatic carbocycles. The molecule has 1 aliphatic heterocycles. The number of oxime groups is 1. The monoisotopic (exact) mass is 208 g/mol. The van der Waals surface area contributed by atoms with E-state index < -0.39 is 0 Å². The lowest BCUT2D eigenvalue weighted by Crippen LogP contribution is -2.14. The highest BCUT2D eigenvalue weighted by Crippen LogP contribution is 2.20. The molecule has 1 aliphatic rings. The van der Waals surface area contributed by atoms with Gasteiger partial charge in [0, 0.05) is 12.0 Å². The van der Waals surface area contributed by atoms with E-state index in [0.29, 0.717) is 24.2 Å². The number of hydrogen-bond donors (Lipinski definition) is 1. The summed E-state index contributed by atoms with van der Waals surface area (Å²) in [5, 5.41) is 3.89. The molecular formula is C11H13FN2O. The van der Waals surface area contributed by atoms with Gasteiger partial charge in [-0.2, -0.15) is 0 Å². The zero-order valence-corrected chi connectivity index (χ0v) is 8.32. The van der Waals surface area contributed by atoms with Crippen LogP contribution in [0, 0.1) is 5.82 Å². The van der Waals surface area contributed by atoms with Gasteiger partial charge in [-0.3, -0.25) is 0 Å². The van der Waals surface area contributed by atoms with Crippen LogP contribution in [0.2, 0.25) is 0 Å². The predicted octanol–water partition coefficient (Wildman–Crippen LogP) is 1.67. The van der Waals surface area contributed by atoms with Crippen molar-refractivity contribution >= 4 is 5.71 Å². The molecule has 2 N–H and O–H groups in total. The molecule has 3 nitrogen and oxygen atoms in total. The van der Waals surface area contributed by atoms with E-state index in [-0.39, 0.29) is 11.9 Å². The van der Waals surface area contributed by atoms with Crippen LogP contribution in [0.1, 0.15) is 18.4 Å². The van der Waals surface area contributed by atoms with Crippen LogP contribution in [0.3, 0.4) is 0 Å². The first kappa shape index (κ1) is 10.1. The summed E-state index contributed by atoms with van der Waals surface area (Å²) >= 11 is 0. The molecule has 2 rings (SSSR count).